The van der Waals surface area contributed by atoms with E-state index in [1.807, 2.05) is 24.3 Å². The summed E-state index contributed by atoms with van der Waals surface area (Å²) in [6.07, 6.45) is 0. The van der Waals surface area contributed by atoms with Gasteiger partial charge in [0.15, 0.2) is 0 Å². The van der Waals surface area contributed by atoms with Crippen molar-refractivity contribution in [1.82, 2.24) is 0 Å². The number of benzene rings is 10. The van der Waals surface area contributed by atoms with Gasteiger partial charge in [-0.1, -0.05) is 131 Å². The molecular weight excluding hydrogens is 639 g/mol. The number of fused-ring (bicyclic) bond motifs is 11. The van der Waals surface area contributed by atoms with Crippen molar-refractivity contribution < 1.29 is 0 Å². The van der Waals surface area contributed by atoms with Gasteiger partial charge < -0.3 is 0 Å². The Labute approximate surface area is 324 Å². The van der Waals surface area contributed by atoms with E-state index in [-0.39, 0.29) is 43.7 Å². The van der Waals surface area contributed by atoms with Crippen molar-refractivity contribution in [3.63, 3.8) is 0 Å². The molecule has 10 aromatic rings. The zero-order valence-electron chi connectivity index (χ0n) is 29.2. The third-order valence-electron chi connectivity index (χ3n) is 11.4. The minimum absolute atomic E-state index is 0.182. The zero-order valence-corrected chi connectivity index (χ0v) is 29.2. The molecule has 0 unspecified atom stereocenters. The van der Waals surface area contributed by atoms with Crippen LogP contribution in [0.4, 0.5) is 0 Å². The maximum absolute atomic E-state index is 7.14. The fourth-order valence-corrected chi connectivity index (χ4v) is 8.82. The highest BCUT2D eigenvalue weighted by Gasteiger charge is 2.26. The summed E-state index contributed by atoms with van der Waals surface area (Å²) < 4.78 is 0. The van der Waals surface area contributed by atoms with Gasteiger partial charge in [0.05, 0.1) is 0 Å². The lowest BCUT2D eigenvalue weighted by atomic mass is 9.59. The molecule has 0 saturated heterocycles. The van der Waals surface area contributed by atoms with Gasteiger partial charge in [-0.25, -0.2) is 0 Å². The van der Waals surface area contributed by atoms with Gasteiger partial charge in [-0.05, 0) is 110 Å². The van der Waals surface area contributed by atoms with Crippen LogP contribution in [0.2, 0.25) is 0 Å². The molecule has 54 heavy (non-hydrogen) atoms. The van der Waals surface area contributed by atoms with Gasteiger partial charge in [-0.15, -0.1) is 21.9 Å². The highest BCUT2D eigenvalue weighted by atomic mass is 14.3. The van der Waals surface area contributed by atoms with Crippen LogP contribution in [0.3, 0.4) is 0 Å². The average molecular weight is 659 g/mol. The van der Waals surface area contributed by atoms with Gasteiger partial charge in [-0.2, -0.15) is 0 Å². The molecule has 16 radical (unpaired) electrons. The smallest absolute Gasteiger partial charge is 0.110 e. The Hall–Kier alpha value is -5.46. The largest absolute Gasteiger partial charge is 0.113 e. The van der Waals surface area contributed by atoms with E-state index in [4.69, 9.17) is 62.8 Å². The minimum Gasteiger partial charge on any atom is -0.110 e. The molecule has 0 aliphatic heterocycles. The Morgan fingerprint density at radius 1 is 0.259 bits per heavy atom. The molecule has 0 spiro atoms. The molecule has 0 aliphatic carbocycles. The van der Waals surface area contributed by atoms with Gasteiger partial charge in [0.25, 0.3) is 0 Å². The van der Waals surface area contributed by atoms with E-state index < -0.39 is 0 Å². The van der Waals surface area contributed by atoms with Crippen LogP contribution in [0.1, 0.15) is 0 Å². The van der Waals surface area contributed by atoms with E-state index in [1.54, 1.807) is 0 Å². The summed E-state index contributed by atoms with van der Waals surface area (Å²) in [6.45, 7) is 0. The topological polar surface area (TPSA) is 0 Å². The maximum atomic E-state index is 7.14. The van der Waals surface area contributed by atoms with Crippen LogP contribution in [-0.4, -0.2) is 62.8 Å². The number of rotatable bonds is 2. The van der Waals surface area contributed by atoms with Gasteiger partial charge in [-0.3, -0.25) is 0 Å². The van der Waals surface area contributed by atoms with E-state index in [0.717, 1.165) is 59.6 Å². The molecule has 0 bridgehead atoms. The normalized spacial score (nSPS) is 11.9. The predicted molar refractivity (Wildman–Crippen MR) is 243 cm³/mol. The lowest BCUT2D eigenvalue weighted by Crippen LogP contribution is -2.50. The second-order valence-electron chi connectivity index (χ2n) is 14.1. The molecule has 228 valence electrons. The molecule has 8 heteroatoms. The van der Waals surface area contributed by atoms with Crippen molar-refractivity contribution in [3.8, 4) is 22.3 Å². The van der Waals surface area contributed by atoms with Gasteiger partial charge in [0, 0.05) is 0 Å². The first-order valence-corrected chi connectivity index (χ1v) is 17.7. The van der Waals surface area contributed by atoms with Crippen molar-refractivity contribution >= 4 is 182 Å². The third-order valence-corrected chi connectivity index (χ3v) is 11.4. The summed E-state index contributed by atoms with van der Waals surface area (Å²) in [5.41, 5.74) is 4.87. The average Bonchev–Trinajstić information content (AvgIpc) is 3.21. The number of hydrogen-bond acceptors (Lipinski definition) is 0. The first kappa shape index (κ1) is 33.1. The minimum atomic E-state index is 0.182. The Morgan fingerprint density at radius 2 is 0.648 bits per heavy atom. The summed E-state index contributed by atoms with van der Waals surface area (Å²) in [6, 6.07) is 41.9. The van der Waals surface area contributed by atoms with E-state index in [9.17, 15) is 0 Å². The molecule has 0 amide bonds. The van der Waals surface area contributed by atoms with Gasteiger partial charge in [0.1, 0.15) is 62.8 Å². The Bertz CT molecular complexity index is 3230. The molecule has 0 aromatic heterocycles. The first-order chi connectivity index (χ1) is 26.2. The van der Waals surface area contributed by atoms with E-state index in [1.165, 1.54) is 5.39 Å². The summed E-state index contributed by atoms with van der Waals surface area (Å²) in [5.74, 6) is 0. The van der Waals surface area contributed by atoms with Crippen molar-refractivity contribution in [2.75, 3.05) is 0 Å². The fraction of sp³-hybridized carbons (Fsp3) is 0. The lowest BCUT2D eigenvalue weighted by molar-refractivity contribution is 1.73. The lowest BCUT2D eigenvalue weighted by Gasteiger charge is -2.29. The van der Waals surface area contributed by atoms with Crippen LogP contribution in [0, 0.1) is 0 Å². The second kappa shape index (κ2) is 12.0. The fourth-order valence-electron chi connectivity index (χ4n) is 8.82. The van der Waals surface area contributed by atoms with E-state index in [0.29, 0.717) is 32.7 Å². The van der Waals surface area contributed by atoms with E-state index >= 15 is 0 Å². The summed E-state index contributed by atoms with van der Waals surface area (Å²) in [7, 11) is 55.3. The Morgan fingerprint density at radius 3 is 1.19 bits per heavy atom. The van der Waals surface area contributed by atoms with Gasteiger partial charge >= 0.3 is 0 Å². The zero-order chi connectivity index (χ0) is 37.2. The van der Waals surface area contributed by atoms with Crippen LogP contribution < -0.4 is 43.7 Å². The molecule has 10 rings (SSSR count). The molecule has 0 atom stereocenters. The number of hydrogen-bond donors (Lipinski definition) is 0. The van der Waals surface area contributed by atoms with Crippen LogP contribution in [0.5, 0.6) is 0 Å². The second-order valence-corrected chi connectivity index (χ2v) is 14.1. The highest BCUT2D eigenvalue weighted by Crippen LogP contribution is 2.47. The molecule has 0 N–H and O–H groups in total. The van der Waals surface area contributed by atoms with Crippen LogP contribution in [0.25, 0.3) is 97.7 Å². The molecule has 0 fully saturated rings. The van der Waals surface area contributed by atoms with Crippen LogP contribution in [0.15, 0.2) is 121 Å². The summed E-state index contributed by atoms with van der Waals surface area (Å²) in [5, 5.41) is 13.3. The molecule has 10 aromatic carbocycles. The highest BCUT2D eigenvalue weighted by molar-refractivity contribution is 6.71. The molecule has 0 aliphatic rings. The van der Waals surface area contributed by atoms with Crippen molar-refractivity contribution in [2.24, 2.45) is 0 Å². The van der Waals surface area contributed by atoms with Crippen molar-refractivity contribution in [1.29, 1.82) is 0 Å². The Balaban J connectivity index is 1.53. The summed E-state index contributed by atoms with van der Waals surface area (Å²) >= 11 is 0. The maximum Gasteiger partial charge on any atom is 0.113 e. The quantitative estimate of drug-likeness (QED) is 0.152. The van der Waals surface area contributed by atoms with Crippen molar-refractivity contribution in [2.45, 2.75) is 0 Å². The Kier molecular flexibility index (Phi) is 7.38. The van der Waals surface area contributed by atoms with Gasteiger partial charge in [0.2, 0.25) is 0 Å². The first-order valence-electron chi connectivity index (χ1n) is 17.7. The molecular formula is C46H20B8. The standard InChI is InChI=1S/C46H20B8/c47-39-35-32(23-18-17-21-9-1-2-10-22(21)19-23)36-38(42(50)46(54)44(52)40(36)48)34(37(35)41(49)45(53)43(39)51)31-20-30-26-13-4-3-11-24(26)25-12-5-7-15-28(25)33(30)29-16-8-6-14-27(29)31/h1-20H. The van der Waals surface area contributed by atoms with Crippen molar-refractivity contribution in [3.05, 3.63) is 121 Å². The molecule has 0 saturated carbocycles. The molecule has 0 heterocycles. The monoisotopic (exact) mass is 660 g/mol. The van der Waals surface area contributed by atoms with E-state index in [2.05, 4.69) is 97.1 Å². The third kappa shape index (κ3) is 4.43. The predicted octanol–water partition coefficient (Wildman–Crippen LogP) is 3.44. The van der Waals surface area contributed by atoms with Crippen LogP contribution >= 0.6 is 0 Å². The SMILES string of the molecule is [B]c1c([B])c([B])c2c(-c3cc4c5ccccc5c5ccccc5c4c4ccccc34)c3c([B])c([B])c([B])c([B])c3c(-c3ccc4ccccc4c3)c2c1[B]. The summed E-state index contributed by atoms with van der Waals surface area (Å²) in [4.78, 5) is 0. The van der Waals surface area contributed by atoms with Crippen LogP contribution in [-0.2, 0) is 0 Å². The molecule has 0 nitrogen and oxygen atoms in total.